The van der Waals surface area contributed by atoms with Crippen LogP contribution in [0.1, 0.15) is 161 Å². The second-order valence-corrected chi connectivity index (χ2v) is 15.7. The number of carbonyl (C=O) groups excluding carboxylic acids is 5. The number of nitrogens with zero attached hydrogens (tertiary/aromatic N) is 2. The van der Waals surface area contributed by atoms with Gasteiger partial charge in [-0.15, -0.1) is 13.2 Å². The van der Waals surface area contributed by atoms with E-state index in [1.807, 2.05) is 45.8 Å². The Balaban J connectivity index is -0.00000218. The van der Waals surface area contributed by atoms with Crippen LogP contribution < -0.4 is 26.6 Å². The van der Waals surface area contributed by atoms with E-state index in [0.29, 0.717) is 32.5 Å². The number of unbranched alkanes of at least 4 members (excludes halogenated alkanes) is 1. The smallest absolute Gasteiger partial charge is 0.315 e. The predicted molar refractivity (Wildman–Crippen MR) is 243 cm³/mol. The van der Waals surface area contributed by atoms with Gasteiger partial charge in [0.1, 0.15) is 12.1 Å². The van der Waals surface area contributed by atoms with Crippen molar-refractivity contribution in [2.45, 2.75) is 185 Å². The van der Waals surface area contributed by atoms with Gasteiger partial charge < -0.3 is 31.5 Å². The second-order valence-electron chi connectivity index (χ2n) is 15.1. The molecular formula is C44H89N7O5S. The van der Waals surface area contributed by atoms with Gasteiger partial charge in [0, 0.05) is 45.3 Å². The molecule has 2 saturated carbocycles. The highest BCUT2D eigenvalue weighted by molar-refractivity contribution is 7.77. The number of thiol groups is 1. The van der Waals surface area contributed by atoms with Gasteiger partial charge in [0.05, 0.1) is 6.04 Å². The van der Waals surface area contributed by atoms with E-state index in [1.54, 1.807) is 11.8 Å². The Hall–Kier alpha value is -2.64. The zero-order valence-electron chi connectivity index (χ0n) is 38.8. The van der Waals surface area contributed by atoms with E-state index in [4.69, 9.17) is 0 Å². The summed E-state index contributed by atoms with van der Waals surface area (Å²) < 4.78 is 2.05. The largest absolute Gasteiger partial charge is 0.350 e. The highest BCUT2D eigenvalue weighted by atomic mass is 32.1. The van der Waals surface area contributed by atoms with Gasteiger partial charge in [0.25, 0.3) is 5.91 Å². The van der Waals surface area contributed by atoms with Crippen molar-refractivity contribution in [1.29, 1.82) is 0 Å². The number of nitrogens with one attached hydrogen (secondary N) is 5. The number of ketones is 1. The van der Waals surface area contributed by atoms with E-state index in [2.05, 4.69) is 87.2 Å². The number of hydrogen-bond donors (Lipinski definition) is 6. The van der Waals surface area contributed by atoms with Crippen LogP contribution in [0.15, 0.2) is 13.2 Å². The molecule has 1 heterocycles. The maximum absolute atomic E-state index is 14.1. The number of Topliss-reactive ketones (excluding diaryl/α,β-unsaturated/α-hetero) is 1. The van der Waals surface area contributed by atoms with Gasteiger partial charge in [-0.2, -0.15) is 0 Å². The first-order valence-electron chi connectivity index (χ1n) is 22.4. The fourth-order valence-corrected chi connectivity index (χ4v) is 6.54. The Morgan fingerprint density at radius 3 is 1.86 bits per heavy atom. The minimum Gasteiger partial charge on any atom is -0.350 e. The third kappa shape index (κ3) is 24.8. The molecular weight excluding hydrogens is 739 g/mol. The summed E-state index contributed by atoms with van der Waals surface area (Å²) in [5.41, 5.74) is -0.232. The molecule has 0 aromatic rings. The van der Waals surface area contributed by atoms with Gasteiger partial charge in [-0.25, -0.2) is 4.79 Å². The molecule has 2 aliphatic carbocycles. The number of carbonyl (C=O) groups is 5. The van der Waals surface area contributed by atoms with Crippen molar-refractivity contribution in [1.82, 2.24) is 35.8 Å². The number of likely N-dealkylation sites (tertiary alicyclic amines) is 1. The monoisotopic (exact) mass is 828 g/mol. The van der Waals surface area contributed by atoms with E-state index in [1.165, 1.54) is 32.6 Å². The lowest BCUT2D eigenvalue weighted by atomic mass is 9.83. The summed E-state index contributed by atoms with van der Waals surface area (Å²) in [6, 6.07) is -3.13. The van der Waals surface area contributed by atoms with Crippen molar-refractivity contribution in [3.63, 3.8) is 0 Å². The van der Waals surface area contributed by atoms with Gasteiger partial charge in [-0.05, 0) is 69.6 Å². The third-order valence-corrected chi connectivity index (χ3v) is 10.1. The highest BCUT2D eigenvalue weighted by Crippen LogP contribution is 2.31. The normalized spacial score (nSPS) is 17.6. The molecule has 5 N–H and O–H groups in total. The Kier molecular flexibility index (Phi) is 36.4. The molecule has 5 amide bonds. The standard InChI is InChI=1S/C32H57N7O5S.C4H10.3C2H6.C2H4/c1-6-34-29(42)27(40)21(2)35-28(41)24-13-10-17-39(24)30(43)26(23-11-8-7-9-12-23)37-31(44)36-25(32(3,4)5)19-33-16-18-38(45)20-22-14-15-22;1-3-4-2;4*1-2/h21-26,33,45H,6-20H2,1-5H3,(H,34,42)(H,35,41)(H2,36,37,44);3-4H2,1-2H3;3*1-2H3;1-2H2. The Bertz CT molecular complexity index is 1080. The average Bonchev–Trinajstić information content (AvgIpc) is 3.90. The molecule has 57 heavy (non-hydrogen) atoms. The zero-order valence-corrected chi connectivity index (χ0v) is 39.7. The van der Waals surface area contributed by atoms with Crippen LogP contribution in [0.3, 0.4) is 0 Å². The molecule has 3 fully saturated rings. The molecule has 1 aliphatic heterocycles. The van der Waals surface area contributed by atoms with Crippen molar-refractivity contribution in [2.75, 3.05) is 39.3 Å². The Labute approximate surface area is 355 Å². The van der Waals surface area contributed by atoms with Gasteiger partial charge >= 0.3 is 6.03 Å². The van der Waals surface area contributed by atoms with Crippen molar-refractivity contribution < 1.29 is 24.0 Å². The van der Waals surface area contributed by atoms with Gasteiger partial charge in [0.2, 0.25) is 17.6 Å². The number of urea groups is 1. The SMILES string of the molecule is C=C.CC.CC.CC.CCCC.CCNC(=O)C(=O)C(C)NC(=O)C1CCCN1C(=O)C(NC(=O)NC(CNCCN(S)CC1CC1)C(C)(C)C)C1CCCCC1. The summed E-state index contributed by atoms with van der Waals surface area (Å²) in [6.45, 7) is 35.6. The summed E-state index contributed by atoms with van der Waals surface area (Å²) in [4.78, 5) is 66.7. The quantitative estimate of drug-likeness (QED) is 0.0381. The summed E-state index contributed by atoms with van der Waals surface area (Å²) in [6.07, 6.45) is 11.0. The lowest BCUT2D eigenvalue weighted by Gasteiger charge is -2.36. The molecule has 4 atom stereocenters. The summed E-state index contributed by atoms with van der Waals surface area (Å²) >= 11 is 4.57. The topological polar surface area (TPSA) is 152 Å². The number of hydrogen-bond acceptors (Lipinski definition) is 8. The van der Waals surface area contributed by atoms with E-state index >= 15 is 0 Å². The van der Waals surface area contributed by atoms with Crippen molar-refractivity contribution >= 4 is 42.4 Å². The molecule has 0 aromatic carbocycles. The maximum atomic E-state index is 14.1. The number of rotatable bonds is 17. The van der Waals surface area contributed by atoms with Crippen molar-refractivity contribution in [3.05, 3.63) is 13.2 Å². The number of likely N-dealkylation sites (N-methyl/N-ethyl adjacent to an activating group) is 1. The molecule has 3 rings (SSSR count). The van der Waals surface area contributed by atoms with Crippen LogP contribution in [0.5, 0.6) is 0 Å². The van der Waals surface area contributed by atoms with Crippen LogP contribution in [0.4, 0.5) is 4.79 Å². The van der Waals surface area contributed by atoms with Gasteiger partial charge in [-0.1, -0.05) is 121 Å². The number of amides is 5. The lowest BCUT2D eigenvalue weighted by molar-refractivity contribution is -0.143. The molecule has 4 unspecified atom stereocenters. The predicted octanol–water partition coefficient (Wildman–Crippen LogP) is 7.68. The molecule has 13 heteroatoms. The van der Waals surface area contributed by atoms with E-state index in [9.17, 15) is 24.0 Å². The van der Waals surface area contributed by atoms with Crippen molar-refractivity contribution in [3.8, 4) is 0 Å². The van der Waals surface area contributed by atoms with Gasteiger partial charge in [0.15, 0.2) is 0 Å². The first-order valence-corrected chi connectivity index (χ1v) is 22.8. The molecule has 12 nitrogen and oxygen atoms in total. The first kappa shape index (κ1) is 58.7. The van der Waals surface area contributed by atoms with Crippen LogP contribution in [-0.4, -0.2) is 102 Å². The Morgan fingerprint density at radius 1 is 0.807 bits per heavy atom. The zero-order chi connectivity index (χ0) is 44.6. The Morgan fingerprint density at radius 2 is 1.37 bits per heavy atom. The van der Waals surface area contributed by atoms with Gasteiger partial charge in [-0.3, -0.25) is 23.5 Å². The molecule has 0 radical (unpaired) electrons. The van der Waals surface area contributed by atoms with Crippen LogP contribution in [0, 0.1) is 17.3 Å². The minimum atomic E-state index is -1.02. The van der Waals surface area contributed by atoms with Crippen LogP contribution >= 0.6 is 12.8 Å². The van der Waals surface area contributed by atoms with E-state index in [0.717, 1.165) is 57.7 Å². The minimum absolute atomic E-state index is 0.0291. The second kappa shape index (κ2) is 35.3. The summed E-state index contributed by atoms with van der Waals surface area (Å²) in [5, 5.41) is 14.7. The van der Waals surface area contributed by atoms with E-state index in [-0.39, 0.29) is 23.3 Å². The molecule has 0 spiro atoms. The highest BCUT2D eigenvalue weighted by Gasteiger charge is 2.42. The fourth-order valence-electron chi connectivity index (χ4n) is 6.21. The lowest BCUT2D eigenvalue weighted by Crippen LogP contribution is -2.60. The summed E-state index contributed by atoms with van der Waals surface area (Å²) in [5.74, 6) is -1.48. The molecule has 1 saturated heterocycles. The third-order valence-electron chi connectivity index (χ3n) is 9.74. The molecule has 0 aromatic heterocycles. The first-order chi connectivity index (χ1) is 27.2. The molecule has 3 aliphatic rings. The average molecular weight is 828 g/mol. The van der Waals surface area contributed by atoms with Crippen LogP contribution in [0.25, 0.3) is 0 Å². The van der Waals surface area contributed by atoms with E-state index < -0.39 is 41.8 Å². The fraction of sp³-hybridized carbons (Fsp3) is 0.841. The van der Waals surface area contributed by atoms with Crippen molar-refractivity contribution in [2.24, 2.45) is 17.3 Å². The van der Waals surface area contributed by atoms with Crippen LogP contribution in [-0.2, 0) is 19.2 Å². The molecule has 336 valence electrons. The summed E-state index contributed by atoms with van der Waals surface area (Å²) in [7, 11) is 0. The van der Waals surface area contributed by atoms with Crippen LogP contribution in [0.2, 0.25) is 0 Å². The maximum Gasteiger partial charge on any atom is 0.315 e. The molecule has 0 bridgehead atoms.